The van der Waals surface area contributed by atoms with Gasteiger partial charge in [-0.15, -0.1) is 11.6 Å². The molecule has 0 aliphatic heterocycles. The maximum Gasteiger partial charge on any atom is 0.0766 e. The van der Waals surface area contributed by atoms with Crippen molar-refractivity contribution in [3.05, 3.63) is 27.5 Å². The zero-order valence-electron chi connectivity index (χ0n) is 10.3. The van der Waals surface area contributed by atoms with E-state index in [0.717, 1.165) is 37.9 Å². The van der Waals surface area contributed by atoms with Crippen molar-refractivity contribution in [2.45, 2.75) is 51.5 Å². The second kappa shape index (κ2) is 5.57. The van der Waals surface area contributed by atoms with E-state index in [1.807, 2.05) is 0 Å². The minimum Gasteiger partial charge on any atom is -0.268 e. The Morgan fingerprint density at radius 3 is 2.82 bits per heavy atom. The number of alkyl halides is 1. The van der Waals surface area contributed by atoms with Gasteiger partial charge in [0, 0.05) is 13.0 Å². The molecule has 1 aliphatic carbocycles. The third kappa shape index (κ3) is 2.76. The highest BCUT2D eigenvalue weighted by Crippen LogP contribution is 2.30. The summed E-state index contributed by atoms with van der Waals surface area (Å²) in [5.74, 6) is 0. The molecule has 0 saturated heterocycles. The molecule has 0 bridgehead atoms. The molecule has 0 amide bonds. The summed E-state index contributed by atoms with van der Waals surface area (Å²) < 4.78 is 3.28. The van der Waals surface area contributed by atoms with Crippen LogP contribution in [0.4, 0.5) is 0 Å². The van der Waals surface area contributed by atoms with Crippen LogP contribution in [0.2, 0.25) is 0 Å². The number of aryl methyl sites for hydroxylation is 2. The Morgan fingerprint density at radius 2 is 2.29 bits per heavy atom. The minimum absolute atomic E-state index is 0.229. The Morgan fingerprint density at radius 1 is 1.53 bits per heavy atom. The molecule has 0 N–H and O–H groups in total. The van der Waals surface area contributed by atoms with E-state index in [1.165, 1.54) is 15.7 Å². The Balaban J connectivity index is 2.25. The fourth-order valence-corrected chi connectivity index (χ4v) is 3.29. The second-order valence-corrected chi connectivity index (χ2v) is 5.79. The van der Waals surface area contributed by atoms with Gasteiger partial charge in [0.1, 0.15) is 0 Å². The van der Waals surface area contributed by atoms with Crippen LogP contribution in [-0.2, 0) is 19.4 Å². The van der Waals surface area contributed by atoms with Crippen LogP contribution >= 0.6 is 27.5 Å². The van der Waals surface area contributed by atoms with Crippen molar-refractivity contribution in [2.75, 3.05) is 0 Å². The van der Waals surface area contributed by atoms with E-state index in [9.17, 15) is 0 Å². The van der Waals surface area contributed by atoms with E-state index < -0.39 is 0 Å². The van der Waals surface area contributed by atoms with Crippen LogP contribution in [0.1, 0.15) is 38.1 Å². The van der Waals surface area contributed by atoms with Gasteiger partial charge in [0.05, 0.1) is 21.2 Å². The summed E-state index contributed by atoms with van der Waals surface area (Å²) in [6.45, 7) is 5.20. The summed E-state index contributed by atoms with van der Waals surface area (Å²) in [5, 5.41) is 4.85. The Labute approximate surface area is 116 Å². The molecule has 0 saturated carbocycles. The van der Waals surface area contributed by atoms with Crippen LogP contribution in [0.25, 0.3) is 0 Å². The second-order valence-electron chi connectivity index (χ2n) is 4.43. The molecule has 17 heavy (non-hydrogen) atoms. The highest BCUT2D eigenvalue weighted by molar-refractivity contribution is 9.10. The monoisotopic (exact) mass is 316 g/mol. The van der Waals surface area contributed by atoms with Crippen molar-refractivity contribution in [2.24, 2.45) is 0 Å². The minimum atomic E-state index is 0.229. The Kier molecular flexibility index (Phi) is 4.31. The summed E-state index contributed by atoms with van der Waals surface area (Å²) >= 11 is 9.79. The molecule has 0 aromatic carbocycles. The third-order valence-corrected chi connectivity index (χ3v) is 4.51. The SMILES string of the molecule is CCc1nn(CC)c(CC2=CC(Cl)CC2)c1Br. The summed E-state index contributed by atoms with van der Waals surface area (Å²) in [7, 11) is 0. The topological polar surface area (TPSA) is 17.8 Å². The summed E-state index contributed by atoms with van der Waals surface area (Å²) in [4.78, 5) is 0. The lowest BCUT2D eigenvalue weighted by Gasteiger charge is -2.06. The highest BCUT2D eigenvalue weighted by Gasteiger charge is 2.18. The average molecular weight is 318 g/mol. The molecule has 1 aromatic rings. The van der Waals surface area contributed by atoms with Crippen molar-refractivity contribution < 1.29 is 0 Å². The first-order chi connectivity index (χ1) is 8.15. The number of halogens is 2. The van der Waals surface area contributed by atoms with Crippen molar-refractivity contribution in [3.8, 4) is 0 Å². The zero-order valence-corrected chi connectivity index (χ0v) is 12.7. The first-order valence-electron chi connectivity index (χ1n) is 6.23. The van der Waals surface area contributed by atoms with Gasteiger partial charge in [-0.2, -0.15) is 5.10 Å². The molecule has 1 heterocycles. The molecule has 1 aliphatic rings. The van der Waals surface area contributed by atoms with Crippen LogP contribution in [0.5, 0.6) is 0 Å². The number of rotatable bonds is 4. The number of hydrogen-bond acceptors (Lipinski definition) is 1. The number of hydrogen-bond donors (Lipinski definition) is 0. The van der Waals surface area contributed by atoms with Gasteiger partial charge < -0.3 is 0 Å². The van der Waals surface area contributed by atoms with E-state index in [0.29, 0.717) is 0 Å². The molecule has 2 nitrogen and oxygen atoms in total. The quantitative estimate of drug-likeness (QED) is 0.604. The fourth-order valence-electron chi connectivity index (χ4n) is 2.29. The average Bonchev–Trinajstić information content (AvgIpc) is 2.85. The van der Waals surface area contributed by atoms with E-state index in [1.54, 1.807) is 0 Å². The molecule has 1 atom stereocenters. The van der Waals surface area contributed by atoms with E-state index in [2.05, 4.69) is 45.6 Å². The van der Waals surface area contributed by atoms with E-state index >= 15 is 0 Å². The van der Waals surface area contributed by atoms with Crippen molar-refractivity contribution in [3.63, 3.8) is 0 Å². The van der Waals surface area contributed by atoms with Gasteiger partial charge in [-0.25, -0.2) is 0 Å². The molecule has 0 spiro atoms. The molecule has 94 valence electrons. The predicted octanol–water partition coefficient (Wildman–Crippen LogP) is 4.10. The number of nitrogens with zero attached hydrogens (tertiary/aromatic N) is 2. The van der Waals surface area contributed by atoms with Gasteiger partial charge in [-0.3, -0.25) is 4.68 Å². The van der Waals surface area contributed by atoms with Gasteiger partial charge in [-0.05, 0) is 42.1 Å². The summed E-state index contributed by atoms with van der Waals surface area (Å²) in [6.07, 6.45) is 6.35. The molecule has 0 fully saturated rings. The Hall–Kier alpha value is -0.280. The normalized spacial score (nSPS) is 19.8. The molecule has 0 radical (unpaired) electrons. The lowest BCUT2D eigenvalue weighted by atomic mass is 10.1. The van der Waals surface area contributed by atoms with Crippen molar-refractivity contribution >= 4 is 27.5 Å². The van der Waals surface area contributed by atoms with Crippen LogP contribution in [0.15, 0.2) is 16.1 Å². The maximum absolute atomic E-state index is 6.11. The molecular formula is C13H18BrClN2. The van der Waals surface area contributed by atoms with Gasteiger partial charge in [0.2, 0.25) is 0 Å². The number of allylic oxidation sites excluding steroid dienone is 2. The molecular weight excluding hydrogens is 300 g/mol. The third-order valence-electron chi connectivity index (χ3n) is 3.25. The highest BCUT2D eigenvalue weighted by atomic mass is 79.9. The smallest absolute Gasteiger partial charge is 0.0766 e. The molecule has 1 aromatic heterocycles. The van der Waals surface area contributed by atoms with E-state index in [-0.39, 0.29) is 5.38 Å². The lowest BCUT2D eigenvalue weighted by Crippen LogP contribution is -2.04. The van der Waals surface area contributed by atoms with Crippen LogP contribution < -0.4 is 0 Å². The van der Waals surface area contributed by atoms with Crippen molar-refractivity contribution in [1.29, 1.82) is 0 Å². The van der Waals surface area contributed by atoms with Gasteiger partial charge in [0.15, 0.2) is 0 Å². The summed E-state index contributed by atoms with van der Waals surface area (Å²) in [6, 6.07) is 0. The fraction of sp³-hybridized carbons (Fsp3) is 0.615. The first-order valence-corrected chi connectivity index (χ1v) is 7.46. The number of aromatic nitrogens is 2. The zero-order chi connectivity index (χ0) is 12.4. The van der Waals surface area contributed by atoms with Crippen LogP contribution in [0.3, 0.4) is 0 Å². The van der Waals surface area contributed by atoms with Crippen molar-refractivity contribution in [1.82, 2.24) is 9.78 Å². The van der Waals surface area contributed by atoms with Crippen LogP contribution in [-0.4, -0.2) is 15.2 Å². The molecule has 1 unspecified atom stereocenters. The van der Waals surface area contributed by atoms with Crippen LogP contribution in [0, 0.1) is 0 Å². The maximum atomic E-state index is 6.11. The standard InChI is InChI=1S/C13H18BrClN2/c1-3-11-13(14)12(17(4-2)16-11)8-9-5-6-10(15)7-9/h7,10H,3-6,8H2,1-2H3. The summed E-state index contributed by atoms with van der Waals surface area (Å²) in [5.41, 5.74) is 3.90. The van der Waals surface area contributed by atoms with Gasteiger partial charge in [-0.1, -0.05) is 18.6 Å². The Bertz CT molecular complexity index is 437. The van der Waals surface area contributed by atoms with Gasteiger partial charge >= 0.3 is 0 Å². The molecule has 4 heteroatoms. The first kappa shape index (κ1) is 13.2. The largest absolute Gasteiger partial charge is 0.268 e. The van der Waals surface area contributed by atoms with Gasteiger partial charge in [0.25, 0.3) is 0 Å². The predicted molar refractivity (Wildman–Crippen MR) is 75.6 cm³/mol. The van der Waals surface area contributed by atoms with E-state index in [4.69, 9.17) is 11.6 Å². The lowest BCUT2D eigenvalue weighted by molar-refractivity contribution is 0.618. The molecule has 2 rings (SSSR count).